The van der Waals surface area contributed by atoms with E-state index in [2.05, 4.69) is 33.5 Å². The van der Waals surface area contributed by atoms with Crippen LogP contribution in [0.3, 0.4) is 0 Å². The van der Waals surface area contributed by atoms with Crippen LogP contribution < -0.4 is 10.6 Å². The minimum absolute atomic E-state index is 0.197. The summed E-state index contributed by atoms with van der Waals surface area (Å²) in [7, 11) is 0. The van der Waals surface area contributed by atoms with Crippen LogP contribution in [-0.2, 0) is 27.2 Å². The molecule has 1 aliphatic rings. The third-order valence-corrected chi connectivity index (χ3v) is 6.92. The fourth-order valence-corrected chi connectivity index (χ4v) is 5.02. The number of amides is 2. The van der Waals surface area contributed by atoms with E-state index in [4.69, 9.17) is 4.74 Å². The molecule has 1 aromatic heterocycles. The number of carbonyl (C=O) groups excluding carboxylic acids is 3. The molecule has 0 saturated heterocycles. The van der Waals surface area contributed by atoms with Crippen LogP contribution in [0.5, 0.6) is 0 Å². The maximum absolute atomic E-state index is 12.3. The molecule has 3 rings (SSSR count). The molecule has 1 aliphatic carbocycles. The number of carbonyl (C=O) groups is 3. The van der Waals surface area contributed by atoms with Gasteiger partial charge in [0.15, 0.2) is 6.61 Å². The number of nitrogens with one attached hydrogen (secondary N) is 2. The molecule has 1 aromatic carbocycles. The van der Waals surface area contributed by atoms with Crippen LogP contribution in [0.15, 0.2) is 28.7 Å². The van der Waals surface area contributed by atoms with E-state index in [-0.39, 0.29) is 12.5 Å². The van der Waals surface area contributed by atoms with Crippen LogP contribution in [0.2, 0.25) is 0 Å². The van der Waals surface area contributed by atoms with Gasteiger partial charge in [0, 0.05) is 15.0 Å². The lowest BCUT2D eigenvalue weighted by Crippen LogP contribution is -2.35. The van der Waals surface area contributed by atoms with Gasteiger partial charge in [0.1, 0.15) is 4.88 Å². The van der Waals surface area contributed by atoms with Crippen LogP contribution >= 0.6 is 27.3 Å². The summed E-state index contributed by atoms with van der Waals surface area (Å²) in [5, 5.41) is 5.21. The molecule has 0 spiro atoms. The average molecular weight is 493 g/mol. The second-order valence-corrected chi connectivity index (χ2v) is 9.49. The van der Waals surface area contributed by atoms with Gasteiger partial charge in [-0.15, -0.1) is 11.3 Å². The number of benzene rings is 1. The van der Waals surface area contributed by atoms with Gasteiger partial charge in [-0.25, -0.2) is 4.79 Å². The first-order valence-corrected chi connectivity index (χ1v) is 11.6. The Balaban J connectivity index is 1.43. The van der Waals surface area contributed by atoms with Crippen molar-refractivity contribution >= 4 is 50.7 Å². The van der Waals surface area contributed by atoms with Gasteiger partial charge in [0.05, 0.1) is 6.54 Å². The molecule has 160 valence electrons. The number of halogens is 1. The van der Waals surface area contributed by atoms with Crippen molar-refractivity contribution in [3.8, 4) is 0 Å². The highest BCUT2D eigenvalue weighted by Gasteiger charge is 2.23. The molecular weight excluding hydrogens is 468 g/mol. The highest BCUT2D eigenvalue weighted by Crippen LogP contribution is 2.33. The van der Waals surface area contributed by atoms with Crippen molar-refractivity contribution in [1.82, 2.24) is 5.32 Å². The van der Waals surface area contributed by atoms with Gasteiger partial charge >= 0.3 is 5.97 Å². The summed E-state index contributed by atoms with van der Waals surface area (Å²) in [6.07, 6.45) is 4.30. The Morgan fingerprint density at radius 3 is 2.77 bits per heavy atom. The summed E-state index contributed by atoms with van der Waals surface area (Å²) in [5.41, 5.74) is 2.81. The normalized spacial score (nSPS) is 15.2. The molecule has 2 amide bonds. The Morgan fingerprint density at radius 2 is 2.03 bits per heavy atom. The molecule has 0 aliphatic heterocycles. The van der Waals surface area contributed by atoms with Crippen molar-refractivity contribution < 1.29 is 19.1 Å². The third-order valence-electron chi connectivity index (χ3n) is 5.21. The van der Waals surface area contributed by atoms with Crippen LogP contribution in [-0.4, -0.2) is 30.9 Å². The third kappa shape index (κ3) is 5.92. The molecular formula is C22H25BrN2O4S. The summed E-state index contributed by atoms with van der Waals surface area (Å²) in [4.78, 5) is 38.1. The zero-order valence-electron chi connectivity index (χ0n) is 17.0. The maximum atomic E-state index is 12.3. The lowest BCUT2D eigenvalue weighted by atomic mass is 9.87. The van der Waals surface area contributed by atoms with Crippen molar-refractivity contribution in [2.75, 3.05) is 18.5 Å². The van der Waals surface area contributed by atoms with E-state index >= 15 is 0 Å². The van der Waals surface area contributed by atoms with Crippen LogP contribution in [0, 0.1) is 12.8 Å². The minimum Gasteiger partial charge on any atom is -0.451 e. The molecule has 8 heteroatoms. The average Bonchev–Trinajstić information content (AvgIpc) is 3.15. The Kier molecular flexibility index (Phi) is 7.66. The van der Waals surface area contributed by atoms with Crippen molar-refractivity contribution in [3.63, 3.8) is 0 Å². The number of fused-ring (bicyclic) bond motifs is 1. The SMILES string of the molecule is CCC1CCc2sc(C(=O)OCC(=O)NCC(=O)Nc3ccc(Br)cc3C)cc2C1. The number of anilines is 1. The molecule has 0 fully saturated rings. The van der Waals surface area contributed by atoms with Crippen molar-refractivity contribution in [2.45, 2.75) is 39.5 Å². The smallest absolute Gasteiger partial charge is 0.348 e. The topological polar surface area (TPSA) is 84.5 Å². The molecule has 1 unspecified atom stereocenters. The van der Waals surface area contributed by atoms with E-state index in [1.165, 1.54) is 21.8 Å². The van der Waals surface area contributed by atoms with E-state index in [9.17, 15) is 14.4 Å². The standard InChI is InChI=1S/C22H25BrN2O4S/c1-3-14-4-7-18-15(9-14)10-19(30-18)22(28)29-12-21(27)24-11-20(26)25-17-6-5-16(23)8-13(17)2/h5-6,8,10,14H,3-4,7,9,11-12H2,1-2H3,(H,24,27)(H,25,26). The Bertz CT molecular complexity index is 957. The van der Waals surface area contributed by atoms with Gasteiger partial charge in [-0.1, -0.05) is 29.3 Å². The Morgan fingerprint density at radius 1 is 1.23 bits per heavy atom. The molecule has 0 saturated carbocycles. The second kappa shape index (κ2) is 10.2. The first-order valence-electron chi connectivity index (χ1n) is 9.97. The quantitative estimate of drug-likeness (QED) is 0.565. The summed E-state index contributed by atoms with van der Waals surface area (Å²) in [5.74, 6) is -0.684. The van der Waals surface area contributed by atoms with Gasteiger partial charge in [-0.05, 0) is 67.5 Å². The lowest BCUT2D eigenvalue weighted by molar-refractivity contribution is -0.126. The summed E-state index contributed by atoms with van der Waals surface area (Å²) >= 11 is 4.83. The van der Waals surface area contributed by atoms with E-state index in [1.807, 2.05) is 25.1 Å². The van der Waals surface area contributed by atoms with Crippen LogP contribution in [0.25, 0.3) is 0 Å². The van der Waals surface area contributed by atoms with Crippen molar-refractivity contribution in [1.29, 1.82) is 0 Å². The van der Waals surface area contributed by atoms with Gasteiger partial charge in [-0.2, -0.15) is 0 Å². The number of esters is 1. The van der Waals surface area contributed by atoms with Crippen LogP contribution in [0.4, 0.5) is 5.69 Å². The minimum atomic E-state index is -0.515. The van der Waals surface area contributed by atoms with Gasteiger partial charge in [-0.3, -0.25) is 9.59 Å². The second-order valence-electron chi connectivity index (χ2n) is 7.44. The predicted octanol–water partition coefficient (Wildman–Crippen LogP) is 4.25. The Labute approximate surface area is 188 Å². The summed E-state index contributed by atoms with van der Waals surface area (Å²) in [6, 6.07) is 7.39. The summed E-state index contributed by atoms with van der Waals surface area (Å²) in [6.45, 7) is 3.46. The van der Waals surface area contributed by atoms with Gasteiger partial charge in [0.25, 0.3) is 5.91 Å². The first-order chi connectivity index (χ1) is 14.4. The van der Waals surface area contributed by atoms with Gasteiger partial charge < -0.3 is 15.4 Å². The molecule has 6 nitrogen and oxygen atoms in total. The number of aryl methyl sites for hydroxylation is 2. The number of hydrogen-bond acceptors (Lipinski definition) is 5. The Hall–Kier alpha value is -2.19. The van der Waals surface area contributed by atoms with Crippen molar-refractivity contribution in [3.05, 3.63) is 49.6 Å². The van der Waals surface area contributed by atoms with E-state index in [1.54, 1.807) is 6.07 Å². The maximum Gasteiger partial charge on any atom is 0.348 e. The number of hydrogen-bond donors (Lipinski definition) is 2. The van der Waals surface area contributed by atoms with E-state index in [0.717, 1.165) is 35.7 Å². The van der Waals surface area contributed by atoms with E-state index < -0.39 is 18.5 Å². The molecule has 1 atom stereocenters. The lowest BCUT2D eigenvalue weighted by Gasteiger charge is -2.19. The zero-order chi connectivity index (χ0) is 21.7. The zero-order valence-corrected chi connectivity index (χ0v) is 19.5. The fourth-order valence-electron chi connectivity index (χ4n) is 3.44. The predicted molar refractivity (Wildman–Crippen MR) is 121 cm³/mol. The number of ether oxygens (including phenoxy) is 1. The number of rotatable bonds is 7. The van der Waals surface area contributed by atoms with Gasteiger partial charge in [0.2, 0.25) is 5.91 Å². The molecule has 0 radical (unpaired) electrons. The number of thiophene rings is 1. The molecule has 1 heterocycles. The highest BCUT2D eigenvalue weighted by atomic mass is 79.9. The highest BCUT2D eigenvalue weighted by molar-refractivity contribution is 9.10. The fraction of sp³-hybridized carbons (Fsp3) is 0.409. The van der Waals surface area contributed by atoms with E-state index in [0.29, 0.717) is 16.5 Å². The first kappa shape index (κ1) is 22.5. The largest absolute Gasteiger partial charge is 0.451 e. The summed E-state index contributed by atoms with van der Waals surface area (Å²) < 4.78 is 6.05. The molecule has 2 N–H and O–H groups in total. The van der Waals surface area contributed by atoms with Crippen molar-refractivity contribution in [2.24, 2.45) is 5.92 Å². The molecule has 0 bridgehead atoms. The van der Waals surface area contributed by atoms with Crippen LogP contribution in [0.1, 0.15) is 45.4 Å². The molecule has 30 heavy (non-hydrogen) atoms. The monoisotopic (exact) mass is 492 g/mol. The molecule has 2 aromatic rings.